The van der Waals surface area contributed by atoms with Gasteiger partial charge in [0.1, 0.15) is 11.5 Å². The lowest BCUT2D eigenvalue weighted by atomic mass is 10.1. The van der Waals surface area contributed by atoms with Gasteiger partial charge in [0.15, 0.2) is 0 Å². The Labute approximate surface area is 229 Å². The Balaban J connectivity index is 2.00. The number of aliphatic hydroxyl groups is 1. The van der Waals surface area contributed by atoms with Crippen LogP contribution in [0.2, 0.25) is 0 Å². The molecule has 8 heteroatoms. The highest BCUT2D eigenvalue weighted by molar-refractivity contribution is 7.99. The van der Waals surface area contributed by atoms with Crippen molar-refractivity contribution in [3.05, 3.63) is 71.3 Å². The summed E-state index contributed by atoms with van der Waals surface area (Å²) in [5.74, 6) is -0.0666. The topological polar surface area (TPSA) is 113 Å². The summed E-state index contributed by atoms with van der Waals surface area (Å²) in [5.41, 5.74) is 2.09. The molecule has 0 aliphatic rings. The SMILES string of the molecule is CCCCCCOc1ccc(C/C=C\[C@@H](SCc2ccc(C(=O)O)cc2OC)[C@@H](O)CCCC(=O)O)cc1. The number of methoxy groups -OCH3 is 1. The first-order valence-electron chi connectivity index (χ1n) is 13.1. The molecule has 0 unspecified atom stereocenters. The molecule has 2 aromatic carbocycles. The number of carbonyl (C=O) groups is 2. The smallest absolute Gasteiger partial charge is 0.335 e. The quantitative estimate of drug-likeness (QED) is 0.138. The Morgan fingerprint density at radius 3 is 2.45 bits per heavy atom. The molecule has 2 atom stereocenters. The third-order valence-corrected chi connectivity index (χ3v) is 7.44. The second-order valence-corrected chi connectivity index (χ2v) is 10.3. The standard InChI is InChI=1S/C30H40O7S/c1-3-4-5-6-19-37-25-17-13-22(14-18-25)9-7-11-28(26(31)10-8-12-29(32)33)38-21-24-16-15-23(30(34)35)20-27(24)36-2/h7,11,13-18,20,26,28,31H,3-6,8-10,12,19,21H2,1-2H3,(H,32,33)(H,34,35)/b11-7-/t26-,28+/m0/s1. The molecule has 0 radical (unpaired) electrons. The third-order valence-electron chi connectivity index (χ3n) is 6.10. The van der Waals surface area contributed by atoms with E-state index in [9.17, 15) is 19.8 Å². The van der Waals surface area contributed by atoms with Crippen molar-refractivity contribution in [1.82, 2.24) is 0 Å². The average Bonchev–Trinajstić information content (AvgIpc) is 2.90. The number of unbranched alkanes of at least 4 members (excludes halogenated alkanes) is 3. The van der Waals surface area contributed by atoms with Crippen LogP contribution in [0.15, 0.2) is 54.6 Å². The van der Waals surface area contributed by atoms with Gasteiger partial charge in [0.25, 0.3) is 0 Å². The van der Waals surface area contributed by atoms with Gasteiger partial charge < -0.3 is 24.8 Å². The summed E-state index contributed by atoms with van der Waals surface area (Å²) in [5, 5.41) is 28.7. The molecule has 0 heterocycles. The number of rotatable bonds is 19. The van der Waals surface area contributed by atoms with Gasteiger partial charge in [0, 0.05) is 23.0 Å². The second kappa shape index (κ2) is 17.5. The molecule has 208 valence electrons. The Hall–Kier alpha value is -2.97. The molecule has 0 aliphatic carbocycles. The lowest BCUT2D eigenvalue weighted by molar-refractivity contribution is -0.137. The molecule has 2 aromatic rings. The molecule has 0 aliphatic heterocycles. The molecule has 38 heavy (non-hydrogen) atoms. The fraction of sp³-hybridized carbons (Fsp3) is 0.467. The number of aliphatic carboxylic acids is 1. The number of carboxylic acid groups (broad SMARTS) is 2. The van der Waals surface area contributed by atoms with Gasteiger partial charge in [-0.25, -0.2) is 4.79 Å². The lowest BCUT2D eigenvalue weighted by Crippen LogP contribution is -2.21. The Morgan fingerprint density at radius 1 is 1.03 bits per heavy atom. The molecule has 0 fully saturated rings. The fourth-order valence-corrected chi connectivity index (χ4v) is 5.07. The van der Waals surface area contributed by atoms with Crippen LogP contribution >= 0.6 is 11.8 Å². The second-order valence-electron chi connectivity index (χ2n) is 9.15. The van der Waals surface area contributed by atoms with Crippen LogP contribution in [0, 0.1) is 0 Å². The molecular formula is C30H40O7S. The summed E-state index contributed by atoms with van der Waals surface area (Å²) in [6, 6.07) is 12.8. The zero-order chi connectivity index (χ0) is 27.8. The summed E-state index contributed by atoms with van der Waals surface area (Å²) >= 11 is 1.51. The molecule has 0 saturated heterocycles. The first kappa shape index (κ1) is 31.2. The molecule has 0 bridgehead atoms. The van der Waals surface area contributed by atoms with E-state index in [1.807, 2.05) is 36.4 Å². The van der Waals surface area contributed by atoms with Crippen molar-refractivity contribution in [2.24, 2.45) is 0 Å². The number of hydrogen-bond donors (Lipinski definition) is 3. The van der Waals surface area contributed by atoms with Crippen LogP contribution in [0.4, 0.5) is 0 Å². The fourth-order valence-electron chi connectivity index (χ4n) is 3.88. The van der Waals surface area contributed by atoms with E-state index >= 15 is 0 Å². The normalized spacial score (nSPS) is 12.8. The Morgan fingerprint density at radius 2 is 1.79 bits per heavy atom. The summed E-state index contributed by atoms with van der Waals surface area (Å²) in [7, 11) is 1.50. The predicted octanol–water partition coefficient (Wildman–Crippen LogP) is 6.37. The molecule has 0 amide bonds. The number of aromatic carboxylic acids is 1. The highest BCUT2D eigenvalue weighted by Gasteiger charge is 2.19. The van der Waals surface area contributed by atoms with E-state index < -0.39 is 18.0 Å². The van der Waals surface area contributed by atoms with Gasteiger partial charge >= 0.3 is 11.9 Å². The van der Waals surface area contributed by atoms with E-state index in [2.05, 4.69) is 6.92 Å². The summed E-state index contributed by atoms with van der Waals surface area (Å²) in [6.45, 7) is 2.91. The van der Waals surface area contributed by atoms with Gasteiger partial charge in [-0.3, -0.25) is 4.79 Å². The molecule has 2 rings (SSSR count). The maximum atomic E-state index is 11.3. The maximum absolute atomic E-state index is 11.3. The number of hydrogen-bond acceptors (Lipinski definition) is 6. The zero-order valence-corrected chi connectivity index (χ0v) is 23.1. The van der Waals surface area contributed by atoms with Crippen LogP contribution < -0.4 is 9.47 Å². The van der Waals surface area contributed by atoms with Crippen molar-refractivity contribution in [2.45, 2.75) is 75.4 Å². The molecular weight excluding hydrogens is 504 g/mol. The summed E-state index contributed by atoms with van der Waals surface area (Å²) in [4.78, 5) is 22.2. The third kappa shape index (κ3) is 11.6. The number of allylic oxidation sites excluding steroid dienone is 1. The van der Waals surface area contributed by atoms with Gasteiger partial charge in [-0.1, -0.05) is 56.5 Å². The van der Waals surface area contributed by atoms with E-state index in [1.54, 1.807) is 6.07 Å². The first-order chi connectivity index (χ1) is 18.3. The predicted molar refractivity (Wildman–Crippen MR) is 151 cm³/mol. The van der Waals surface area contributed by atoms with Gasteiger partial charge in [-0.05, 0) is 55.5 Å². The number of aliphatic hydroxyl groups excluding tert-OH is 1. The highest BCUT2D eigenvalue weighted by Crippen LogP contribution is 2.30. The molecule has 7 nitrogen and oxygen atoms in total. The minimum atomic E-state index is -1.02. The summed E-state index contributed by atoms with van der Waals surface area (Å²) < 4.78 is 11.2. The lowest BCUT2D eigenvalue weighted by Gasteiger charge is -2.20. The first-order valence-corrected chi connectivity index (χ1v) is 14.2. The van der Waals surface area contributed by atoms with Crippen LogP contribution in [-0.2, 0) is 17.0 Å². The molecule has 0 saturated carbocycles. The van der Waals surface area contributed by atoms with Crippen molar-refractivity contribution in [3.8, 4) is 11.5 Å². The number of thioether (sulfide) groups is 1. The molecule has 3 N–H and O–H groups in total. The van der Waals surface area contributed by atoms with E-state index in [4.69, 9.17) is 14.6 Å². The molecule has 0 aromatic heterocycles. The van der Waals surface area contributed by atoms with Crippen LogP contribution in [-0.4, -0.2) is 52.3 Å². The van der Waals surface area contributed by atoms with E-state index in [0.717, 1.165) is 29.9 Å². The highest BCUT2D eigenvalue weighted by atomic mass is 32.2. The monoisotopic (exact) mass is 544 g/mol. The van der Waals surface area contributed by atoms with Gasteiger partial charge in [0.05, 0.1) is 25.4 Å². The Kier molecular flexibility index (Phi) is 14.4. The summed E-state index contributed by atoms with van der Waals surface area (Å²) in [6.07, 6.45) is 9.39. The van der Waals surface area contributed by atoms with Crippen LogP contribution in [0.3, 0.4) is 0 Å². The van der Waals surface area contributed by atoms with Crippen molar-refractivity contribution < 1.29 is 34.4 Å². The van der Waals surface area contributed by atoms with Crippen molar-refractivity contribution in [3.63, 3.8) is 0 Å². The van der Waals surface area contributed by atoms with Crippen molar-refractivity contribution in [1.29, 1.82) is 0 Å². The van der Waals surface area contributed by atoms with Gasteiger partial charge in [-0.2, -0.15) is 0 Å². The van der Waals surface area contributed by atoms with E-state index in [0.29, 0.717) is 30.8 Å². The maximum Gasteiger partial charge on any atom is 0.335 e. The minimum Gasteiger partial charge on any atom is -0.496 e. The van der Waals surface area contributed by atoms with Crippen LogP contribution in [0.5, 0.6) is 11.5 Å². The minimum absolute atomic E-state index is 0.00958. The van der Waals surface area contributed by atoms with Crippen LogP contribution in [0.1, 0.15) is 73.4 Å². The van der Waals surface area contributed by atoms with E-state index in [1.165, 1.54) is 50.3 Å². The average molecular weight is 545 g/mol. The molecule has 0 spiro atoms. The number of benzene rings is 2. The van der Waals surface area contributed by atoms with Crippen molar-refractivity contribution in [2.75, 3.05) is 13.7 Å². The number of ether oxygens (including phenoxy) is 2. The van der Waals surface area contributed by atoms with Gasteiger partial charge in [0.2, 0.25) is 0 Å². The Bertz CT molecular complexity index is 1020. The number of carboxylic acids is 2. The van der Waals surface area contributed by atoms with Crippen molar-refractivity contribution >= 4 is 23.7 Å². The van der Waals surface area contributed by atoms with Crippen LogP contribution in [0.25, 0.3) is 0 Å². The van der Waals surface area contributed by atoms with Gasteiger partial charge in [-0.15, -0.1) is 11.8 Å². The zero-order valence-electron chi connectivity index (χ0n) is 22.3. The largest absolute Gasteiger partial charge is 0.496 e. The van der Waals surface area contributed by atoms with E-state index in [-0.39, 0.29) is 17.2 Å².